The van der Waals surface area contributed by atoms with Gasteiger partial charge in [-0.3, -0.25) is 19.1 Å². The Labute approximate surface area is 190 Å². The van der Waals surface area contributed by atoms with E-state index < -0.39 is 0 Å². The number of allylic oxidation sites excluding steroid dienone is 3. The number of thiophene rings is 1. The lowest BCUT2D eigenvalue weighted by Gasteiger charge is -2.11. The van der Waals surface area contributed by atoms with Crippen LogP contribution in [-0.2, 0) is 16.0 Å². The topological polar surface area (TPSA) is 74.1 Å². The Bertz CT molecular complexity index is 1090. The van der Waals surface area contributed by atoms with E-state index in [0.717, 1.165) is 12.0 Å². The molecule has 3 aromatic heterocycles. The predicted molar refractivity (Wildman–Crippen MR) is 129 cm³/mol. The van der Waals surface area contributed by atoms with Gasteiger partial charge >= 0.3 is 5.97 Å². The van der Waals surface area contributed by atoms with Crippen LogP contribution in [0.15, 0.2) is 64.7 Å². The maximum absolute atomic E-state index is 13.4. The fourth-order valence-electron chi connectivity index (χ4n) is 2.69. The molecule has 0 bridgehead atoms. The number of rotatable bonds is 8. The molecule has 0 atom stereocenters. The molecule has 0 aliphatic heterocycles. The summed E-state index contributed by atoms with van der Waals surface area (Å²) in [6.45, 7) is 9.41. The molecule has 3 rings (SSSR count). The van der Waals surface area contributed by atoms with E-state index >= 15 is 0 Å². The SMILES string of the molecule is C=CC.CC/C=C\Cc1csc2nc(SCC(=O)OCC)n(-c3cccnc3)c(=O)c12. The molecule has 0 spiro atoms. The maximum atomic E-state index is 13.4. The van der Waals surface area contributed by atoms with E-state index in [1.54, 1.807) is 37.5 Å². The second-order valence-electron chi connectivity index (χ2n) is 6.27. The number of hydrogen-bond acceptors (Lipinski definition) is 7. The van der Waals surface area contributed by atoms with Gasteiger partial charge in [-0.25, -0.2) is 4.98 Å². The standard InChI is InChI=1S/C20H21N3O3S2.C3H6/c1-3-5-6-8-14-12-27-18-17(14)19(25)23(15-9-7-10-21-11-15)20(22-18)28-13-16(24)26-4-2;1-3-2/h5-7,9-12H,3-4,8,13H2,1-2H3;3H,1H2,2H3/b6-5-;. The van der Waals surface area contributed by atoms with Gasteiger partial charge in [-0.15, -0.1) is 17.9 Å². The third-order valence-electron chi connectivity index (χ3n) is 3.92. The Morgan fingerprint density at radius 2 is 2.13 bits per heavy atom. The number of hydrogen-bond donors (Lipinski definition) is 0. The van der Waals surface area contributed by atoms with E-state index in [1.165, 1.54) is 27.7 Å². The molecule has 0 amide bonds. The van der Waals surface area contributed by atoms with Crippen LogP contribution in [0.3, 0.4) is 0 Å². The van der Waals surface area contributed by atoms with Crippen molar-refractivity contribution in [1.29, 1.82) is 0 Å². The summed E-state index contributed by atoms with van der Waals surface area (Å²) in [6.07, 6.45) is 10.8. The van der Waals surface area contributed by atoms with E-state index in [0.29, 0.717) is 34.1 Å². The fourth-order valence-corrected chi connectivity index (χ4v) is 4.50. The van der Waals surface area contributed by atoms with E-state index in [4.69, 9.17) is 4.74 Å². The molecule has 0 N–H and O–H groups in total. The first kappa shape index (κ1) is 24.6. The van der Waals surface area contributed by atoms with Crippen molar-refractivity contribution in [1.82, 2.24) is 14.5 Å². The van der Waals surface area contributed by atoms with Crippen LogP contribution in [-0.4, -0.2) is 32.9 Å². The van der Waals surface area contributed by atoms with Crippen molar-refractivity contribution in [2.45, 2.75) is 38.8 Å². The number of carbonyl (C=O) groups excluding carboxylic acids is 1. The highest BCUT2D eigenvalue weighted by atomic mass is 32.2. The van der Waals surface area contributed by atoms with E-state index in [2.05, 4.69) is 35.6 Å². The minimum absolute atomic E-state index is 0.0868. The van der Waals surface area contributed by atoms with Crippen LogP contribution >= 0.6 is 23.1 Å². The van der Waals surface area contributed by atoms with Gasteiger partial charge in [0.1, 0.15) is 4.83 Å². The Balaban J connectivity index is 0.00000107. The van der Waals surface area contributed by atoms with Gasteiger partial charge in [0.25, 0.3) is 5.56 Å². The lowest BCUT2D eigenvalue weighted by Crippen LogP contribution is -2.22. The molecule has 0 saturated heterocycles. The van der Waals surface area contributed by atoms with Crippen LogP contribution < -0.4 is 5.56 Å². The first-order valence-electron chi connectivity index (χ1n) is 10.0. The van der Waals surface area contributed by atoms with Gasteiger partial charge in [-0.05, 0) is 49.8 Å². The second-order valence-corrected chi connectivity index (χ2v) is 8.07. The smallest absolute Gasteiger partial charge is 0.316 e. The minimum atomic E-state index is -0.337. The van der Waals surface area contributed by atoms with Crippen LogP contribution in [0.25, 0.3) is 15.9 Å². The average Bonchev–Trinajstić information content (AvgIpc) is 3.17. The Kier molecular flexibility index (Phi) is 10.2. The maximum Gasteiger partial charge on any atom is 0.316 e. The van der Waals surface area contributed by atoms with Crippen LogP contribution in [0.4, 0.5) is 0 Å². The quantitative estimate of drug-likeness (QED) is 0.200. The Hall–Kier alpha value is -2.71. The van der Waals surface area contributed by atoms with E-state index in [1.807, 2.05) is 12.3 Å². The van der Waals surface area contributed by atoms with Crippen molar-refractivity contribution in [3.63, 3.8) is 0 Å². The van der Waals surface area contributed by atoms with Gasteiger partial charge in [0.05, 0.1) is 29.6 Å². The number of ether oxygens (including phenoxy) is 1. The first-order chi connectivity index (χ1) is 15.1. The summed E-state index contributed by atoms with van der Waals surface area (Å²) < 4.78 is 6.52. The number of pyridine rings is 1. The third kappa shape index (κ3) is 6.63. The van der Waals surface area contributed by atoms with Gasteiger partial charge in [-0.1, -0.05) is 36.9 Å². The molecule has 3 aromatic rings. The molecule has 0 saturated carbocycles. The zero-order valence-corrected chi connectivity index (χ0v) is 19.7. The normalized spacial score (nSPS) is 10.7. The molecular weight excluding hydrogens is 430 g/mol. The third-order valence-corrected chi connectivity index (χ3v) is 5.76. The zero-order valence-electron chi connectivity index (χ0n) is 18.0. The number of carbonyl (C=O) groups is 1. The number of nitrogens with zero attached hydrogens (tertiary/aromatic N) is 3. The molecule has 0 unspecified atom stereocenters. The predicted octanol–water partition coefficient (Wildman–Crippen LogP) is 5.20. The molecule has 0 aliphatic carbocycles. The molecule has 6 nitrogen and oxygen atoms in total. The lowest BCUT2D eigenvalue weighted by molar-refractivity contribution is -0.139. The molecule has 31 heavy (non-hydrogen) atoms. The molecule has 0 aromatic carbocycles. The van der Waals surface area contributed by atoms with Crippen LogP contribution in [0.5, 0.6) is 0 Å². The monoisotopic (exact) mass is 457 g/mol. The second kappa shape index (κ2) is 12.9. The summed E-state index contributed by atoms with van der Waals surface area (Å²) in [5.74, 6) is -0.250. The molecular formula is C23H27N3O3S2. The van der Waals surface area contributed by atoms with Crippen molar-refractivity contribution in [3.05, 3.63) is 70.6 Å². The molecule has 8 heteroatoms. The minimum Gasteiger partial charge on any atom is -0.465 e. The molecule has 164 valence electrons. The van der Waals surface area contributed by atoms with E-state index in [9.17, 15) is 9.59 Å². The van der Waals surface area contributed by atoms with Gasteiger partial charge in [-0.2, -0.15) is 0 Å². The summed E-state index contributed by atoms with van der Waals surface area (Å²) in [5, 5.41) is 3.05. The van der Waals surface area contributed by atoms with Crippen molar-refractivity contribution in [3.8, 4) is 5.69 Å². The van der Waals surface area contributed by atoms with Gasteiger partial charge in [0, 0.05) is 6.20 Å². The highest BCUT2D eigenvalue weighted by molar-refractivity contribution is 7.99. The van der Waals surface area contributed by atoms with Gasteiger partial charge in [0.15, 0.2) is 5.16 Å². The Morgan fingerprint density at radius 1 is 1.35 bits per heavy atom. The number of esters is 1. The summed E-state index contributed by atoms with van der Waals surface area (Å²) >= 11 is 2.64. The zero-order chi connectivity index (χ0) is 22.6. The van der Waals surface area contributed by atoms with Crippen LogP contribution in [0.1, 0.15) is 32.8 Å². The summed E-state index contributed by atoms with van der Waals surface area (Å²) in [5.41, 5.74) is 1.43. The summed E-state index contributed by atoms with van der Waals surface area (Å²) in [6, 6.07) is 3.57. The molecule has 0 radical (unpaired) electrons. The highest BCUT2D eigenvalue weighted by Gasteiger charge is 2.18. The van der Waals surface area contributed by atoms with E-state index in [-0.39, 0.29) is 17.3 Å². The summed E-state index contributed by atoms with van der Waals surface area (Å²) in [7, 11) is 0. The lowest BCUT2D eigenvalue weighted by atomic mass is 10.1. The first-order valence-corrected chi connectivity index (χ1v) is 11.9. The Morgan fingerprint density at radius 3 is 2.77 bits per heavy atom. The van der Waals surface area contributed by atoms with Crippen molar-refractivity contribution in [2.75, 3.05) is 12.4 Å². The van der Waals surface area contributed by atoms with Gasteiger partial charge in [0.2, 0.25) is 0 Å². The number of aromatic nitrogens is 3. The number of fused-ring (bicyclic) bond motifs is 1. The summed E-state index contributed by atoms with van der Waals surface area (Å²) in [4.78, 5) is 34.6. The molecule has 0 fully saturated rings. The van der Waals surface area contributed by atoms with Crippen molar-refractivity contribution >= 4 is 39.3 Å². The largest absolute Gasteiger partial charge is 0.465 e. The highest BCUT2D eigenvalue weighted by Crippen LogP contribution is 2.27. The average molecular weight is 458 g/mol. The molecule has 0 aliphatic rings. The van der Waals surface area contributed by atoms with Crippen molar-refractivity contribution in [2.24, 2.45) is 0 Å². The van der Waals surface area contributed by atoms with Gasteiger partial charge < -0.3 is 4.74 Å². The van der Waals surface area contributed by atoms with Crippen LogP contribution in [0.2, 0.25) is 0 Å². The van der Waals surface area contributed by atoms with Crippen LogP contribution in [0, 0.1) is 0 Å². The fraction of sp³-hybridized carbons (Fsp3) is 0.304. The van der Waals surface area contributed by atoms with Crippen molar-refractivity contribution < 1.29 is 9.53 Å². The number of thioether (sulfide) groups is 1. The molecule has 3 heterocycles.